The van der Waals surface area contributed by atoms with Crippen molar-refractivity contribution in [1.29, 1.82) is 0 Å². The Bertz CT molecular complexity index is 4700. The molecule has 15 rings (SSSR count). The molecular formula is C72H46N2O. The Kier molecular flexibility index (Phi) is 9.89. The van der Waals surface area contributed by atoms with E-state index in [-0.39, 0.29) is 0 Å². The lowest BCUT2D eigenvalue weighted by atomic mass is 9.94. The van der Waals surface area contributed by atoms with Gasteiger partial charge in [0.15, 0.2) is 0 Å². The van der Waals surface area contributed by atoms with Gasteiger partial charge in [0.1, 0.15) is 11.2 Å². The Morgan fingerprint density at radius 3 is 1.56 bits per heavy atom. The SMILES string of the molecule is c1cc(-c2ccc(N(c3ccc(-c4cccc5c4c4ccccc4n5-c4cccc5ccccc45)cc3)c3ccc(-c4cccc5ccccc45)c4oc5ccccc5c34)cc2)cc(-c2cccc3ccccc23)c1. The summed E-state index contributed by atoms with van der Waals surface area (Å²) in [7, 11) is 0. The fourth-order valence-electron chi connectivity index (χ4n) is 12.0. The third kappa shape index (κ3) is 6.97. The molecule has 13 aromatic carbocycles. The first-order chi connectivity index (χ1) is 37.2. The van der Waals surface area contributed by atoms with E-state index < -0.39 is 0 Å². The normalized spacial score (nSPS) is 11.7. The molecule has 2 heterocycles. The van der Waals surface area contributed by atoms with Crippen LogP contribution in [0, 0.1) is 0 Å². The number of para-hydroxylation sites is 2. The molecule has 0 saturated heterocycles. The molecule has 0 amide bonds. The molecule has 350 valence electrons. The van der Waals surface area contributed by atoms with E-state index in [1.165, 1.54) is 82.1 Å². The van der Waals surface area contributed by atoms with Crippen LogP contribution in [0.3, 0.4) is 0 Å². The van der Waals surface area contributed by atoms with E-state index >= 15 is 0 Å². The number of furan rings is 1. The average molecular weight is 955 g/mol. The van der Waals surface area contributed by atoms with Gasteiger partial charge in [0, 0.05) is 38.5 Å². The Hall–Kier alpha value is -9.96. The van der Waals surface area contributed by atoms with Crippen LogP contribution in [0.15, 0.2) is 283 Å². The molecule has 3 heteroatoms. The molecule has 0 fully saturated rings. The third-order valence-corrected chi connectivity index (χ3v) is 15.4. The molecular weight excluding hydrogens is 909 g/mol. The zero-order valence-electron chi connectivity index (χ0n) is 40.9. The monoisotopic (exact) mass is 954 g/mol. The second kappa shape index (κ2) is 17.4. The summed E-state index contributed by atoms with van der Waals surface area (Å²) in [4.78, 5) is 2.41. The topological polar surface area (TPSA) is 21.3 Å². The summed E-state index contributed by atoms with van der Waals surface area (Å²) >= 11 is 0. The average Bonchev–Trinajstić information content (AvgIpc) is 4.08. The lowest BCUT2D eigenvalue weighted by molar-refractivity contribution is 0.670. The first-order valence-corrected chi connectivity index (χ1v) is 25.7. The zero-order valence-corrected chi connectivity index (χ0v) is 40.9. The molecule has 75 heavy (non-hydrogen) atoms. The number of nitrogens with zero attached hydrogens (tertiary/aromatic N) is 2. The molecule has 15 aromatic rings. The second-order valence-corrected chi connectivity index (χ2v) is 19.5. The smallest absolute Gasteiger partial charge is 0.145 e. The minimum atomic E-state index is 0.855. The molecule has 3 nitrogen and oxygen atoms in total. The molecule has 0 bridgehead atoms. The molecule has 0 atom stereocenters. The molecule has 2 aromatic heterocycles. The van der Waals surface area contributed by atoms with Crippen LogP contribution in [0.5, 0.6) is 0 Å². The van der Waals surface area contributed by atoms with E-state index in [2.05, 4.69) is 289 Å². The van der Waals surface area contributed by atoms with E-state index in [4.69, 9.17) is 4.42 Å². The molecule has 0 unspecified atom stereocenters. The van der Waals surface area contributed by atoms with Gasteiger partial charge in [-0.3, -0.25) is 0 Å². The zero-order chi connectivity index (χ0) is 49.4. The van der Waals surface area contributed by atoms with Crippen LogP contribution >= 0.6 is 0 Å². The van der Waals surface area contributed by atoms with Crippen LogP contribution in [-0.2, 0) is 0 Å². The van der Waals surface area contributed by atoms with Gasteiger partial charge >= 0.3 is 0 Å². The van der Waals surface area contributed by atoms with Crippen molar-refractivity contribution in [1.82, 2.24) is 4.57 Å². The molecule has 0 saturated carbocycles. The van der Waals surface area contributed by atoms with Crippen molar-refractivity contribution in [2.45, 2.75) is 0 Å². The number of aromatic nitrogens is 1. The third-order valence-electron chi connectivity index (χ3n) is 15.4. The summed E-state index contributed by atoms with van der Waals surface area (Å²) in [6.07, 6.45) is 0. The van der Waals surface area contributed by atoms with Gasteiger partial charge in [-0.1, -0.05) is 212 Å². The summed E-state index contributed by atoms with van der Waals surface area (Å²) in [5.41, 5.74) is 17.7. The maximum absolute atomic E-state index is 6.98. The molecule has 0 radical (unpaired) electrons. The highest BCUT2D eigenvalue weighted by atomic mass is 16.3. The van der Waals surface area contributed by atoms with E-state index in [0.29, 0.717) is 0 Å². The molecule has 0 N–H and O–H groups in total. The first-order valence-electron chi connectivity index (χ1n) is 25.7. The molecule has 0 aliphatic rings. The summed E-state index contributed by atoms with van der Waals surface area (Å²) in [5, 5.41) is 11.9. The van der Waals surface area contributed by atoms with Crippen LogP contribution in [0.2, 0.25) is 0 Å². The summed E-state index contributed by atoms with van der Waals surface area (Å²) < 4.78 is 9.43. The lowest BCUT2D eigenvalue weighted by Gasteiger charge is -2.27. The van der Waals surface area contributed by atoms with Crippen LogP contribution in [0.4, 0.5) is 17.1 Å². The number of anilines is 3. The minimum absolute atomic E-state index is 0.855. The van der Waals surface area contributed by atoms with E-state index in [1.807, 2.05) is 0 Å². The summed E-state index contributed by atoms with van der Waals surface area (Å²) in [6.45, 7) is 0. The summed E-state index contributed by atoms with van der Waals surface area (Å²) in [5.74, 6) is 0. The molecule has 0 aliphatic heterocycles. The van der Waals surface area contributed by atoms with Crippen LogP contribution in [-0.4, -0.2) is 4.57 Å². The largest absolute Gasteiger partial charge is 0.455 e. The second-order valence-electron chi connectivity index (χ2n) is 19.5. The van der Waals surface area contributed by atoms with Crippen molar-refractivity contribution >= 4 is 93.1 Å². The van der Waals surface area contributed by atoms with Gasteiger partial charge in [0.25, 0.3) is 0 Å². The first kappa shape index (κ1) is 42.7. The Balaban J connectivity index is 0.901. The van der Waals surface area contributed by atoms with Gasteiger partial charge in [-0.2, -0.15) is 0 Å². The standard InChI is InChI=1S/C72H46N2O/c1-4-24-56-48(16-1)19-12-29-58(56)53-23-11-22-52(46-53)47-36-40-54(41-37-47)73(68-45-44-62(61-31-13-20-49-17-2-5-25-57(49)61)72-71(68)64-28-8-10-35-69(64)75-72)55-42-38-51(39-43-55)60-30-15-34-67-70(60)63-27-7-9-32-66(63)74(67)65-33-14-21-50-18-3-6-26-59(50)65/h1-46H. The molecule has 0 aliphatic carbocycles. The van der Waals surface area contributed by atoms with Gasteiger partial charge in [0.05, 0.1) is 27.8 Å². The number of hydrogen-bond donors (Lipinski definition) is 0. The summed E-state index contributed by atoms with van der Waals surface area (Å²) in [6, 6.07) is 101. The van der Waals surface area contributed by atoms with E-state index in [0.717, 1.165) is 61.3 Å². The van der Waals surface area contributed by atoms with Crippen LogP contribution in [0.25, 0.3) is 126 Å². The minimum Gasteiger partial charge on any atom is -0.455 e. The van der Waals surface area contributed by atoms with Crippen LogP contribution < -0.4 is 4.90 Å². The van der Waals surface area contributed by atoms with Crippen molar-refractivity contribution < 1.29 is 4.42 Å². The number of fused-ring (bicyclic) bond motifs is 9. The maximum Gasteiger partial charge on any atom is 0.145 e. The highest BCUT2D eigenvalue weighted by Gasteiger charge is 2.24. The van der Waals surface area contributed by atoms with E-state index in [9.17, 15) is 0 Å². The van der Waals surface area contributed by atoms with Gasteiger partial charge in [-0.15, -0.1) is 0 Å². The lowest BCUT2D eigenvalue weighted by Crippen LogP contribution is -2.10. The quantitative estimate of drug-likeness (QED) is 0.151. The number of rotatable bonds is 8. The van der Waals surface area contributed by atoms with Crippen molar-refractivity contribution in [3.63, 3.8) is 0 Å². The highest BCUT2D eigenvalue weighted by Crippen LogP contribution is 2.48. The van der Waals surface area contributed by atoms with Crippen molar-refractivity contribution in [3.8, 4) is 50.2 Å². The maximum atomic E-state index is 6.98. The van der Waals surface area contributed by atoms with Gasteiger partial charge in [-0.25, -0.2) is 0 Å². The predicted octanol–water partition coefficient (Wildman–Crippen LogP) is 20.3. The Morgan fingerprint density at radius 1 is 0.293 bits per heavy atom. The molecule has 0 spiro atoms. The van der Waals surface area contributed by atoms with Gasteiger partial charge in [-0.05, 0) is 133 Å². The highest BCUT2D eigenvalue weighted by molar-refractivity contribution is 6.19. The fraction of sp³-hybridized carbons (Fsp3) is 0. The predicted molar refractivity (Wildman–Crippen MR) is 317 cm³/mol. The van der Waals surface area contributed by atoms with Gasteiger partial charge in [0.2, 0.25) is 0 Å². The Morgan fingerprint density at radius 2 is 0.813 bits per heavy atom. The number of hydrogen-bond acceptors (Lipinski definition) is 2. The van der Waals surface area contributed by atoms with Crippen LogP contribution in [0.1, 0.15) is 0 Å². The van der Waals surface area contributed by atoms with Crippen molar-refractivity contribution in [2.75, 3.05) is 4.90 Å². The van der Waals surface area contributed by atoms with E-state index in [1.54, 1.807) is 0 Å². The van der Waals surface area contributed by atoms with Crippen molar-refractivity contribution in [3.05, 3.63) is 279 Å². The van der Waals surface area contributed by atoms with Gasteiger partial charge < -0.3 is 13.9 Å². The van der Waals surface area contributed by atoms with Crippen molar-refractivity contribution in [2.24, 2.45) is 0 Å². The fourth-order valence-corrected chi connectivity index (χ4v) is 12.0. The Labute approximate surface area is 434 Å². The number of benzene rings is 13.